The molecule has 1 N–H and O–H groups in total. The molecule has 0 radical (unpaired) electrons. The van der Waals surface area contributed by atoms with Crippen LogP contribution in [0.4, 0.5) is 4.39 Å². The summed E-state index contributed by atoms with van der Waals surface area (Å²) in [5, 5.41) is 6.88. The molecule has 1 aromatic heterocycles. The molecular weight excluding hydrogens is 373 g/mol. The number of aromatic nitrogens is 2. The zero-order chi connectivity index (χ0) is 21.0. The van der Waals surface area contributed by atoms with Gasteiger partial charge in [-0.05, 0) is 54.7 Å². The van der Waals surface area contributed by atoms with E-state index in [0.29, 0.717) is 11.5 Å². The van der Waals surface area contributed by atoms with Crippen LogP contribution in [0, 0.1) is 11.7 Å². The van der Waals surface area contributed by atoms with E-state index in [1.54, 1.807) is 0 Å². The van der Waals surface area contributed by atoms with E-state index in [0.717, 1.165) is 16.7 Å². The monoisotopic (exact) mass is 397 g/mol. The van der Waals surface area contributed by atoms with Crippen LogP contribution in [0.15, 0.2) is 57.7 Å². The van der Waals surface area contributed by atoms with Gasteiger partial charge < -0.3 is 9.73 Å². The molecule has 0 aliphatic carbocycles. The minimum Gasteiger partial charge on any atom is -0.388 e. The smallest absolute Gasteiger partial charge is 0.388 e. The third-order valence-electron chi connectivity index (χ3n) is 4.49. The molecule has 29 heavy (non-hydrogen) atoms. The third kappa shape index (κ3) is 5.40. The minimum absolute atomic E-state index is 0.0385. The molecule has 0 fully saturated rings. The van der Waals surface area contributed by atoms with Crippen LogP contribution in [0.3, 0.4) is 0 Å². The van der Waals surface area contributed by atoms with E-state index < -0.39 is 11.6 Å². The van der Waals surface area contributed by atoms with Gasteiger partial charge in [0.1, 0.15) is 12.4 Å². The first-order valence-electron chi connectivity index (χ1n) is 9.54. The summed E-state index contributed by atoms with van der Waals surface area (Å²) in [5.41, 5.74) is 2.69. The van der Waals surface area contributed by atoms with Crippen molar-refractivity contribution in [2.45, 2.75) is 39.8 Å². The fraction of sp³-hybridized carbons (Fsp3) is 0.318. The number of nitrogens with zero attached hydrogens (tertiary/aromatic N) is 2. The lowest BCUT2D eigenvalue weighted by Gasteiger charge is -2.15. The van der Waals surface area contributed by atoms with Crippen molar-refractivity contribution in [2.24, 2.45) is 5.92 Å². The van der Waals surface area contributed by atoms with Gasteiger partial charge in [-0.15, -0.1) is 5.10 Å². The maximum absolute atomic E-state index is 13.0. The SMILES string of the molecule is CC(C)Cc1ccc(C(C)NC(=O)Cn2nc(-c3ccc(F)cc3)oc2=O)cc1. The number of halogens is 1. The molecule has 0 aliphatic heterocycles. The highest BCUT2D eigenvalue weighted by atomic mass is 19.1. The number of carbonyl (C=O) groups is 1. The lowest BCUT2D eigenvalue weighted by molar-refractivity contribution is -0.122. The number of benzene rings is 2. The molecule has 1 heterocycles. The van der Waals surface area contributed by atoms with Gasteiger partial charge in [-0.3, -0.25) is 4.79 Å². The largest absolute Gasteiger partial charge is 0.437 e. The molecule has 2 aromatic carbocycles. The van der Waals surface area contributed by atoms with Crippen molar-refractivity contribution in [1.82, 2.24) is 15.1 Å². The summed E-state index contributed by atoms with van der Waals surface area (Å²) in [6.45, 7) is 5.96. The van der Waals surface area contributed by atoms with Gasteiger partial charge >= 0.3 is 5.76 Å². The van der Waals surface area contributed by atoms with Gasteiger partial charge in [-0.2, -0.15) is 4.68 Å². The zero-order valence-corrected chi connectivity index (χ0v) is 16.7. The molecule has 1 amide bonds. The fourth-order valence-electron chi connectivity index (χ4n) is 3.04. The number of amides is 1. The van der Waals surface area contributed by atoms with Crippen LogP contribution < -0.4 is 11.1 Å². The molecule has 6 nitrogen and oxygen atoms in total. The van der Waals surface area contributed by atoms with Crippen molar-refractivity contribution >= 4 is 5.91 Å². The highest BCUT2D eigenvalue weighted by molar-refractivity contribution is 5.76. The Hall–Kier alpha value is -3.22. The summed E-state index contributed by atoms with van der Waals surface area (Å²) in [4.78, 5) is 24.3. The van der Waals surface area contributed by atoms with E-state index in [2.05, 4.69) is 36.4 Å². The van der Waals surface area contributed by atoms with E-state index in [4.69, 9.17) is 4.42 Å². The first kappa shape index (κ1) is 20.5. The van der Waals surface area contributed by atoms with Crippen molar-refractivity contribution in [1.29, 1.82) is 0 Å². The van der Waals surface area contributed by atoms with Crippen LogP contribution in [0.1, 0.15) is 37.9 Å². The van der Waals surface area contributed by atoms with Crippen LogP contribution in [0.5, 0.6) is 0 Å². The average molecular weight is 397 g/mol. The summed E-state index contributed by atoms with van der Waals surface area (Å²) < 4.78 is 19.0. The summed E-state index contributed by atoms with van der Waals surface area (Å²) in [5.74, 6) is -0.883. The lowest BCUT2D eigenvalue weighted by Crippen LogP contribution is -2.33. The van der Waals surface area contributed by atoms with E-state index in [1.807, 2.05) is 19.1 Å². The molecule has 3 rings (SSSR count). The third-order valence-corrected chi connectivity index (χ3v) is 4.49. The second kappa shape index (κ2) is 8.86. The Bertz CT molecular complexity index is 1020. The molecule has 0 saturated carbocycles. The predicted molar refractivity (Wildman–Crippen MR) is 108 cm³/mol. The molecular formula is C22H24FN3O3. The predicted octanol–water partition coefficient (Wildman–Crippen LogP) is 3.72. The molecule has 1 unspecified atom stereocenters. The first-order valence-corrected chi connectivity index (χ1v) is 9.54. The first-order chi connectivity index (χ1) is 13.8. The molecule has 0 saturated heterocycles. The molecule has 0 aliphatic rings. The van der Waals surface area contributed by atoms with Gasteiger partial charge in [0.05, 0.1) is 6.04 Å². The quantitative estimate of drug-likeness (QED) is 0.659. The fourth-order valence-corrected chi connectivity index (χ4v) is 3.04. The molecule has 0 bridgehead atoms. The standard InChI is InChI=1S/C22H24FN3O3/c1-14(2)12-16-4-6-17(7-5-16)15(3)24-20(27)13-26-22(28)29-21(25-26)18-8-10-19(23)11-9-18/h4-11,14-15H,12-13H2,1-3H3,(H,24,27). The normalized spacial score (nSPS) is 12.2. The Labute approximate surface area is 168 Å². The Morgan fingerprint density at radius 1 is 1.10 bits per heavy atom. The minimum atomic E-state index is -0.745. The molecule has 7 heteroatoms. The Morgan fingerprint density at radius 3 is 2.38 bits per heavy atom. The number of nitrogens with one attached hydrogen (secondary N) is 1. The van der Waals surface area contributed by atoms with E-state index >= 15 is 0 Å². The Morgan fingerprint density at radius 2 is 1.76 bits per heavy atom. The molecule has 3 aromatic rings. The Balaban J connectivity index is 1.63. The second-order valence-corrected chi connectivity index (χ2v) is 7.47. The van der Waals surface area contributed by atoms with Crippen LogP contribution in [0.25, 0.3) is 11.5 Å². The summed E-state index contributed by atoms with van der Waals surface area (Å²) >= 11 is 0. The van der Waals surface area contributed by atoms with Crippen molar-refractivity contribution in [3.8, 4) is 11.5 Å². The van der Waals surface area contributed by atoms with Crippen molar-refractivity contribution in [2.75, 3.05) is 0 Å². The van der Waals surface area contributed by atoms with Crippen molar-refractivity contribution < 1.29 is 13.6 Å². The van der Waals surface area contributed by atoms with E-state index in [-0.39, 0.29) is 24.4 Å². The van der Waals surface area contributed by atoms with Crippen molar-refractivity contribution in [3.05, 3.63) is 76.0 Å². The summed E-state index contributed by atoms with van der Waals surface area (Å²) in [7, 11) is 0. The number of hydrogen-bond donors (Lipinski definition) is 1. The number of hydrogen-bond acceptors (Lipinski definition) is 4. The van der Waals surface area contributed by atoms with Gasteiger partial charge in [0.15, 0.2) is 0 Å². The zero-order valence-electron chi connectivity index (χ0n) is 16.7. The van der Waals surface area contributed by atoms with E-state index in [1.165, 1.54) is 29.8 Å². The van der Waals surface area contributed by atoms with Gasteiger partial charge in [-0.1, -0.05) is 38.1 Å². The highest BCUT2D eigenvalue weighted by Gasteiger charge is 2.15. The maximum Gasteiger partial charge on any atom is 0.437 e. The molecule has 0 spiro atoms. The van der Waals surface area contributed by atoms with Crippen molar-refractivity contribution in [3.63, 3.8) is 0 Å². The second-order valence-electron chi connectivity index (χ2n) is 7.47. The topological polar surface area (TPSA) is 77.1 Å². The van der Waals surface area contributed by atoms with Gasteiger partial charge in [0.2, 0.25) is 11.8 Å². The lowest BCUT2D eigenvalue weighted by atomic mass is 10.00. The Kier molecular flexibility index (Phi) is 6.26. The van der Waals surface area contributed by atoms with Gasteiger partial charge in [0, 0.05) is 5.56 Å². The van der Waals surface area contributed by atoms with Gasteiger partial charge in [0.25, 0.3) is 0 Å². The molecule has 1 atom stereocenters. The van der Waals surface area contributed by atoms with Crippen LogP contribution in [0.2, 0.25) is 0 Å². The van der Waals surface area contributed by atoms with Crippen LogP contribution >= 0.6 is 0 Å². The maximum atomic E-state index is 13.0. The summed E-state index contributed by atoms with van der Waals surface area (Å²) in [6.07, 6.45) is 1.01. The highest BCUT2D eigenvalue weighted by Crippen LogP contribution is 2.17. The average Bonchev–Trinajstić information content (AvgIpc) is 3.02. The number of carbonyl (C=O) groups excluding carboxylic acids is 1. The van der Waals surface area contributed by atoms with E-state index in [9.17, 15) is 14.0 Å². The van der Waals surface area contributed by atoms with Crippen LogP contribution in [-0.2, 0) is 17.8 Å². The number of rotatable bonds is 7. The molecule has 152 valence electrons. The van der Waals surface area contributed by atoms with Gasteiger partial charge in [-0.25, -0.2) is 9.18 Å². The summed E-state index contributed by atoms with van der Waals surface area (Å²) in [6, 6.07) is 13.3. The van der Waals surface area contributed by atoms with Crippen LogP contribution in [-0.4, -0.2) is 15.7 Å².